The zero-order chi connectivity index (χ0) is 13.8. The quantitative estimate of drug-likeness (QED) is 0.914. The second-order valence-corrected chi connectivity index (χ2v) is 6.27. The van der Waals surface area contributed by atoms with Crippen LogP contribution in [0.25, 0.3) is 0 Å². The van der Waals surface area contributed by atoms with Crippen LogP contribution in [-0.2, 0) is 0 Å². The standard InChI is InChI=1S/C17H25FN2.ClH/c18-16-8-6-15(7-9-16)17-5-1-2-11-20(17)13-14-4-3-10-19-12-14;/h6-9,14,17,19H,1-5,10-13H2;1H. The summed E-state index contributed by atoms with van der Waals surface area (Å²) in [6.45, 7) is 4.72. The SMILES string of the molecule is Cl.Fc1ccc(C2CCCCN2CC2CCCNC2)cc1. The van der Waals surface area contributed by atoms with E-state index in [0.717, 1.165) is 12.5 Å². The summed E-state index contributed by atoms with van der Waals surface area (Å²) in [5, 5.41) is 3.51. The number of hydrogen-bond donors (Lipinski definition) is 1. The van der Waals surface area contributed by atoms with Crippen molar-refractivity contribution in [1.82, 2.24) is 10.2 Å². The molecule has 118 valence electrons. The van der Waals surface area contributed by atoms with Gasteiger partial charge in [-0.3, -0.25) is 4.90 Å². The highest BCUT2D eigenvalue weighted by Gasteiger charge is 2.26. The summed E-state index contributed by atoms with van der Waals surface area (Å²) in [5.74, 6) is 0.650. The predicted octanol–water partition coefficient (Wildman–Crippen LogP) is 3.77. The molecule has 2 nitrogen and oxygen atoms in total. The third kappa shape index (κ3) is 4.41. The number of benzene rings is 1. The lowest BCUT2D eigenvalue weighted by atomic mass is 9.92. The lowest BCUT2D eigenvalue weighted by Crippen LogP contribution is -2.41. The van der Waals surface area contributed by atoms with Crippen molar-refractivity contribution in [2.24, 2.45) is 5.92 Å². The lowest BCUT2D eigenvalue weighted by molar-refractivity contribution is 0.117. The van der Waals surface area contributed by atoms with Crippen molar-refractivity contribution in [3.8, 4) is 0 Å². The fourth-order valence-electron chi connectivity index (χ4n) is 3.68. The fourth-order valence-corrected chi connectivity index (χ4v) is 3.68. The van der Waals surface area contributed by atoms with Gasteiger partial charge in [0, 0.05) is 12.6 Å². The van der Waals surface area contributed by atoms with E-state index in [1.165, 1.54) is 57.3 Å². The minimum absolute atomic E-state index is 0. The molecule has 0 amide bonds. The molecule has 1 N–H and O–H groups in total. The van der Waals surface area contributed by atoms with Crippen LogP contribution < -0.4 is 5.32 Å². The van der Waals surface area contributed by atoms with Gasteiger partial charge in [-0.1, -0.05) is 18.6 Å². The van der Waals surface area contributed by atoms with Crippen LogP contribution in [0.3, 0.4) is 0 Å². The van der Waals surface area contributed by atoms with Gasteiger partial charge in [-0.2, -0.15) is 0 Å². The Morgan fingerprint density at radius 3 is 2.62 bits per heavy atom. The minimum atomic E-state index is -0.132. The van der Waals surface area contributed by atoms with E-state index in [2.05, 4.69) is 10.2 Å². The van der Waals surface area contributed by atoms with Gasteiger partial charge >= 0.3 is 0 Å². The number of rotatable bonds is 3. The van der Waals surface area contributed by atoms with Crippen molar-refractivity contribution in [3.05, 3.63) is 35.6 Å². The molecule has 2 aliphatic rings. The average Bonchev–Trinajstić information content (AvgIpc) is 2.50. The van der Waals surface area contributed by atoms with Gasteiger partial charge < -0.3 is 5.32 Å². The van der Waals surface area contributed by atoms with Gasteiger partial charge in [-0.15, -0.1) is 12.4 Å². The van der Waals surface area contributed by atoms with E-state index >= 15 is 0 Å². The molecule has 0 saturated carbocycles. The Hall–Kier alpha value is -0.640. The third-order valence-corrected chi connectivity index (χ3v) is 4.76. The second kappa shape index (κ2) is 8.11. The molecule has 0 aromatic heterocycles. The summed E-state index contributed by atoms with van der Waals surface area (Å²) in [6.07, 6.45) is 6.46. The summed E-state index contributed by atoms with van der Waals surface area (Å²) in [5.41, 5.74) is 1.29. The molecule has 0 bridgehead atoms. The maximum atomic E-state index is 13.1. The van der Waals surface area contributed by atoms with E-state index in [1.807, 2.05) is 12.1 Å². The smallest absolute Gasteiger partial charge is 0.123 e. The normalized spacial score (nSPS) is 27.1. The van der Waals surface area contributed by atoms with E-state index in [1.54, 1.807) is 12.1 Å². The summed E-state index contributed by atoms with van der Waals surface area (Å²) in [4.78, 5) is 2.63. The van der Waals surface area contributed by atoms with Crippen LogP contribution in [-0.4, -0.2) is 31.1 Å². The molecule has 2 unspecified atom stereocenters. The van der Waals surface area contributed by atoms with Crippen LogP contribution in [0, 0.1) is 11.7 Å². The average molecular weight is 313 g/mol. The van der Waals surface area contributed by atoms with Crippen molar-refractivity contribution in [1.29, 1.82) is 0 Å². The van der Waals surface area contributed by atoms with Crippen LogP contribution in [0.5, 0.6) is 0 Å². The summed E-state index contributed by atoms with van der Waals surface area (Å²) >= 11 is 0. The molecular weight excluding hydrogens is 287 g/mol. The maximum Gasteiger partial charge on any atom is 0.123 e. The Labute approximate surface area is 133 Å². The largest absolute Gasteiger partial charge is 0.316 e. The molecule has 2 saturated heterocycles. The van der Waals surface area contributed by atoms with Gasteiger partial charge in [0.05, 0.1) is 0 Å². The molecule has 0 radical (unpaired) electrons. The molecule has 3 rings (SSSR count). The van der Waals surface area contributed by atoms with Crippen LogP contribution in [0.15, 0.2) is 24.3 Å². The Morgan fingerprint density at radius 1 is 1.10 bits per heavy atom. The topological polar surface area (TPSA) is 15.3 Å². The van der Waals surface area contributed by atoms with E-state index in [-0.39, 0.29) is 18.2 Å². The molecule has 2 aliphatic heterocycles. The van der Waals surface area contributed by atoms with E-state index in [0.29, 0.717) is 6.04 Å². The maximum absolute atomic E-state index is 13.1. The van der Waals surface area contributed by atoms with Crippen molar-refractivity contribution < 1.29 is 4.39 Å². The van der Waals surface area contributed by atoms with Gasteiger partial charge in [0.25, 0.3) is 0 Å². The first kappa shape index (κ1) is 16.7. The van der Waals surface area contributed by atoms with E-state index in [9.17, 15) is 4.39 Å². The molecule has 1 aromatic rings. The van der Waals surface area contributed by atoms with Crippen LogP contribution in [0.2, 0.25) is 0 Å². The van der Waals surface area contributed by atoms with E-state index < -0.39 is 0 Å². The molecule has 2 heterocycles. The first-order chi connectivity index (χ1) is 9.83. The van der Waals surface area contributed by atoms with Gasteiger partial charge in [0.2, 0.25) is 0 Å². The minimum Gasteiger partial charge on any atom is -0.316 e. The number of piperidine rings is 2. The zero-order valence-electron chi connectivity index (χ0n) is 12.6. The Kier molecular flexibility index (Phi) is 6.46. The van der Waals surface area contributed by atoms with E-state index in [4.69, 9.17) is 0 Å². The number of halogens is 2. The highest BCUT2D eigenvalue weighted by Crippen LogP contribution is 2.32. The predicted molar refractivity (Wildman–Crippen MR) is 87.4 cm³/mol. The number of nitrogens with one attached hydrogen (secondary N) is 1. The third-order valence-electron chi connectivity index (χ3n) is 4.76. The molecule has 0 spiro atoms. The molecule has 4 heteroatoms. The zero-order valence-corrected chi connectivity index (χ0v) is 13.4. The molecule has 2 fully saturated rings. The molecular formula is C17H26ClFN2. The highest BCUT2D eigenvalue weighted by molar-refractivity contribution is 5.85. The molecule has 21 heavy (non-hydrogen) atoms. The van der Waals surface area contributed by atoms with Gasteiger partial charge in [0.1, 0.15) is 5.82 Å². The Balaban J connectivity index is 0.00000161. The molecule has 2 atom stereocenters. The summed E-state index contributed by atoms with van der Waals surface area (Å²) in [7, 11) is 0. The number of nitrogens with zero attached hydrogens (tertiary/aromatic N) is 1. The summed E-state index contributed by atoms with van der Waals surface area (Å²) in [6, 6.07) is 7.63. The first-order valence-corrected chi connectivity index (χ1v) is 8.03. The Morgan fingerprint density at radius 2 is 1.90 bits per heavy atom. The lowest BCUT2D eigenvalue weighted by Gasteiger charge is -2.39. The van der Waals surface area contributed by atoms with Crippen molar-refractivity contribution in [2.75, 3.05) is 26.2 Å². The fraction of sp³-hybridized carbons (Fsp3) is 0.647. The Bertz CT molecular complexity index is 417. The van der Waals surface area contributed by atoms with Crippen molar-refractivity contribution >= 4 is 12.4 Å². The van der Waals surface area contributed by atoms with Crippen molar-refractivity contribution in [3.63, 3.8) is 0 Å². The van der Waals surface area contributed by atoms with Gasteiger partial charge in [-0.25, -0.2) is 4.39 Å². The molecule has 0 aliphatic carbocycles. The molecule has 1 aromatic carbocycles. The van der Waals surface area contributed by atoms with Gasteiger partial charge in [0.15, 0.2) is 0 Å². The first-order valence-electron chi connectivity index (χ1n) is 8.03. The second-order valence-electron chi connectivity index (χ2n) is 6.27. The van der Waals surface area contributed by atoms with Crippen molar-refractivity contribution in [2.45, 2.75) is 38.1 Å². The van der Waals surface area contributed by atoms with Crippen LogP contribution in [0.4, 0.5) is 4.39 Å². The van der Waals surface area contributed by atoms with Gasteiger partial charge in [-0.05, 0) is 68.9 Å². The number of likely N-dealkylation sites (tertiary alicyclic amines) is 1. The summed E-state index contributed by atoms with van der Waals surface area (Å²) < 4.78 is 13.1. The highest BCUT2D eigenvalue weighted by atomic mass is 35.5. The van der Waals surface area contributed by atoms with Crippen LogP contribution in [0.1, 0.15) is 43.7 Å². The monoisotopic (exact) mass is 312 g/mol. The van der Waals surface area contributed by atoms with Crippen LogP contribution >= 0.6 is 12.4 Å². The number of hydrogen-bond acceptors (Lipinski definition) is 2.